The van der Waals surface area contributed by atoms with Crippen molar-refractivity contribution in [3.63, 3.8) is 0 Å². The fourth-order valence-electron chi connectivity index (χ4n) is 3.03. The summed E-state index contributed by atoms with van der Waals surface area (Å²) in [6.07, 6.45) is -3.18. The number of hydrogen-bond acceptors (Lipinski definition) is 6. The number of rotatable bonds is 12. The maximum atomic E-state index is 13.6. The maximum absolute atomic E-state index is 13.6. The van der Waals surface area contributed by atoms with Gasteiger partial charge in [-0.3, -0.25) is 4.52 Å². The van der Waals surface area contributed by atoms with Crippen LogP contribution in [0.5, 0.6) is 5.75 Å². The van der Waals surface area contributed by atoms with Crippen molar-refractivity contribution in [1.29, 1.82) is 5.26 Å². The second kappa shape index (κ2) is 11.9. The van der Waals surface area contributed by atoms with Gasteiger partial charge in [0, 0.05) is 0 Å². The highest BCUT2D eigenvalue weighted by atomic mass is 31.1. The van der Waals surface area contributed by atoms with Gasteiger partial charge in [0.1, 0.15) is 5.75 Å². The fourth-order valence-corrected chi connectivity index (χ4v) is 3.34. The summed E-state index contributed by atoms with van der Waals surface area (Å²) in [5.41, 5.74) is 5.75. The third-order valence-electron chi connectivity index (χ3n) is 4.93. The van der Waals surface area contributed by atoms with Crippen LogP contribution in [0.25, 0.3) is 0 Å². The lowest BCUT2D eigenvalue weighted by atomic mass is 9.93. The zero-order chi connectivity index (χ0) is 23.6. The number of nitrogens with two attached hydrogens (primary N) is 1. The van der Waals surface area contributed by atoms with Gasteiger partial charge in [-0.05, 0) is 61.1 Å². The van der Waals surface area contributed by atoms with Crippen molar-refractivity contribution in [2.75, 3.05) is 19.8 Å². The molecule has 2 rings (SSSR count). The van der Waals surface area contributed by atoms with Crippen LogP contribution in [0.4, 0.5) is 13.2 Å². The summed E-state index contributed by atoms with van der Waals surface area (Å²) in [4.78, 5) is 0. The molecule has 6 nitrogen and oxygen atoms in total. The molecule has 0 radical (unpaired) electrons. The lowest BCUT2D eigenvalue weighted by Crippen LogP contribution is -2.47. The summed E-state index contributed by atoms with van der Waals surface area (Å²) in [5.74, 6) is -0.254. The van der Waals surface area contributed by atoms with E-state index < -0.39 is 32.6 Å². The molecule has 0 heterocycles. The highest BCUT2D eigenvalue weighted by molar-refractivity contribution is 7.17. The lowest BCUT2D eigenvalue weighted by Gasteiger charge is -2.25. The molecule has 0 amide bonds. The second-order valence-corrected chi connectivity index (χ2v) is 7.86. The molecule has 0 aliphatic heterocycles. The molecule has 172 valence electrons. The van der Waals surface area contributed by atoms with E-state index >= 15 is 0 Å². The summed E-state index contributed by atoms with van der Waals surface area (Å²) < 4.78 is 61.2. The Labute approximate surface area is 186 Å². The van der Waals surface area contributed by atoms with Gasteiger partial charge in [-0.1, -0.05) is 18.2 Å². The van der Waals surface area contributed by atoms with Crippen molar-refractivity contribution in [2.24, 2.45) is 5.73 Å². The predicted octanol–water partition coefficient (Wildman–Crippen LogP) is 4.43. The van der Waals surface area contributed by atoms with Crippen molar-refractivity contribution in [3.05, 3.63) is 64.7 Å². The first-order valence-corrected chi connectivity index (χ1v) is 10.6. The first-order valence-electron chi connectivity index (χ1n) is 9.87. The van der Waals surface area contributed by atoms with Crippen LogP contribution in [-0.2, 0) is 28.1 Å². The zero-order valence-electron chi connectivity index (χ0n) is 17.3. The van der Waals surface area contributed by atoms with E-state index in [9.17, 15) is 22.8 Å². The van der Waals surface area contributed by atoms with Gasteiger partial charge in [0.25, 0.3) is 0 Å². The normalized spacial score (nSPS) is 13.5. The number of halogens is 3. The molecule has 2 aromatic carbocycles. The minimum Gasteiger partial charge on any atom is -0.493 e. The monoisotopic (exact) mass is 468 g/mol. The molecule has 0 fully saturated rings. The molecule has 0 aliphatic carbocycles. The molecule has 0 aromatic heterocycles. The summed E-state index contributed by atoms with van der Waals surface area (Å²) in [6, 6.07) is 12.8. The van der Waals surface area contributed by atoms with E-state index in [2.05, 4.69) is 0 Å². The number of nitriles is 1. The SMILES string of the molecule is N#Cc1ccc(CCCOc2ccc(CCC(N)(CO)COP=O)cc2C(F)(F)F)cc1. The van der Waals surface area contributed by atoms with Crippen molar-refractivity contribution in [2.45, 2.75) is 37.4 Å². The topological polar surface area (TPSA) is 106 Å². The average Bonchev–Trinajstić information content (AvgIpc) is 2.79. The highest BCUT2D eigenvalue weighted by Crippen LogP contribution is 2.37. The third kappa shape index (κ3) is 7.88. The van der Waals surface area contributed by atoms with Crippen LogP contribution in [0.3, 0.4) is 0 Å². The Morgan fingerprint density at radius 3 is 2.38 bits per heavy atom. The molecule has 0 saturated carbocycles. The Kier molecular flexibility index (Phi) is 9.60. The minimum atomic E-state index is -4.60. The minimum absolute atomic E-state index is 0.102. The van der Waals surface area contributed by atoms with Crippen molar-refractivity contribution < 1.29 is 32.1 Å². The van der Waals surface area contributed by atoms with Crippen molar-refractivity contribution >= 4 is 8.69 Å². The fraction of sp³-hybridized carbons (Fsp3) is 0.409. The van der Waals surface area contributed by atoms with Gasteiger partial charge in [-0.25, -0.2) is 4.57 Å². The molecule has 0 bridgehead atoms. The van der Waals surface area contributed by atoms with E-state index in [-0.39, 0.29) is 31.8 Å². The van der Waals surface area contributed by atoms with Crippen LogP contribution in [0.1, 0.15) is 35.1 Å². The summed E-state index contributed by atoms with van der Waals surface area (Å²) in [6.45, 7) is -0.555. The third-order valence-corrected chi connectivity index (χ3v) is 5.17. The number of aryl methyl sites for hydroxylation is 2. The molecule has 2 aromatic rings. The molecule has 0 aliphatic rings. The molecule has 0 spiro atoms. The molecule has 1 atom stereocenters. The zero-order valence-corrected chi connectivity index (χ0v) is 18.2. The second-order valence-electron chi connectivity index (χ2n) is 7.46. The van der Waals surface area contributed by atoms with E-state index in [1.54, 1.807) is 24.3 Å². The largest absolute Gasteiger partial charge is 0.493 e. The van der Waals surface area contributed by atoms with Gasteiger partial charge < -0.3 is 15.6 Å². The quantitative estimate of drug-likeness (QED) is 0.353. The molecule has 3 N–H and O–H groups in total. The Morgan fingerprint density at radius 1 is 1.09 bits per heavy atom. The van der Waals surface area contributed by atoms with Gasteiger partial charge >= 0.3 is 14.9 Å². The van der Waals surface area contributed by atoms with Crippen LogP contribution >= 0.6 is 8.69 Å². The standard InChI is InChI=1S/C22H24F3N2O4P/c23-22(24,25)19-12-17(9-10-21(27,14-28)15-31-32-29)7-8-20(19)30-11-1-2-16-3-5-18(13-26)6-4-16/h3-8,12,28H,1-2,9-11,14-15,27H2. The van der Waals surface area contributed by atoms with E-state index in [0.29, 0.717) is 24.0 Å². The Hall–Kier alpha value is -2.50. The number of benzene rings is 2. The summed E-state index contributed by atoms with van der Waals surface area (Å²) in [5, 5.41) is 18.2. The first kappa shape index (κ1) is 25.8. The van der Waals surface area contributed by atoms with Crippen molar-refractivity contribution in [3.8, 4) is 11.8 Å². The van der Waals surface area contributed by atoms with E-state index in [1.165, 1.54) is 12.1 Å². The van der Waals surface area contributed by atoms with Gasteiger partial charge in [0.05, 0.1) is 42.6 Å². The van der Waals surface area contributed by atoms with Crippen LogP contribution in [0.2, 0.25) is 0 Å². The Balaban J connectivity index is 2.00. The van der Waals surface area contributed by atoms with Gasteiger partial charge in [0.2, 0.25) is 0 Å². The first-order chi connectivity index (χ1) is 15.2. The van der Waals surface area contributed by atoms with Crippen LogP contribution in [0.15, 0.2) is 42.5 Å². The van der Waals surface area contributed by atoms with Crippen LogP contribution in [-0.4, -0.2) is 30.5 Å². The molecule has 10 heteroatoms. The van der Waals surface area contributed by atoms with Crippen LogP contribution in [0, 0.1) is 11.3 Å². The Morgan fingerprint density at radius 2 is 1.78 bits per heavy atom. The van der Waals surface area contributed by atoms with E-state index in [4.69, 9.17) is 20.3 Å². The molecule has 1 unspecified atom stereocenters. The van der Waals surface area contributed by atoms with Gasteiger partial charge in [-0.2, -0.15) is 18.4 Å². The lowest BCUT2D eigenvalue weighted by molar-refractivity contribution is -0.139. The number of ether oxygens (including phenoxy) is 1. The van der Waals surface area contributed by atoms with E-state index in [0.717, 1.165) is 11.6 Å². The predicted molar refractivity (Wildman–Crippen MR) is 112 cm³/mol. The number of hydrogen-bond donors (Lipinski definition) is 2. The molecule has 0 saturated heterocycles. The number of aliphatic hydroxyl groups is 1. The average molecular weight is 468 g/mol. The number of alkyl halides is 3. The Bertz CT molecular complexity index is 932. The molecular formula is C22H24F3N2O4P. The van der Waals surface area contributed by atoms with Gasteiger partial charge in [0.15, 0.2) is 0 Å². The highest BCUT2D eigenvalue weighted by Gasteiger charge is 2.35. The number of aliphatic hydroxyl groups excluding tert-OH is 1. The summed E-state index contributed by atoms with van der Waals surface area (Å²) in [7, 11) is -0.586. The maximum Gasteiger partial charge on any atom is 0.419 e. The smallest absolute Gasteiger partial charge is 0.419 e. The van der Waals surface area contributed by atoms with Crippen molar-refractivity contribution in [1.82, 2.24) is 0 Å². The summed E-state index contributed by atoms with van der Waals surface area (Å²) >= 11 is 0. The number of nitrogens with zero attached hydrogens (tertiary/aromatic N) is 1. The van der Waals surface area contributed by atoms with Crippen LogP contribution < -0.4 is 10.5 Å². The molecule has 32 heavy (non-hydrogen) atoms. The molecular weight excluding hydrogens is 444 g/mol. The van der Waals surface area contributed by atoms with Gasteiger partial charge in [-0.15, -0.1) is 0 Å². The van der Waals surface area contributed by atoms with E-state index in [1.807, 2.05) is 6.07 Å².